The molecule has 5 nitrogen and oxygen atoms in total. The van der Waals surface area contributed by atoms with E-state index in [1.807, 2.05) is 25.1 Å². The highest BCUT2D eigenvalue weighted by Crippen LogP contribution is 2.70. The predicted octanol–water partition coefficient (Wildman–Crippen LogP) is 6.03. The fourth-order valence-corrected chi connectivity index (χ4v) is 9.08. The Morgan fingerprint density at radius 1 is 0.970 bits per heavy atom. The number of carboxylic acids is 1. The normalized spacial score (nSPS) is 43.7. The molecule has 1 aromatic rings. The average molecular weight is 455 g/mol. The van der Waals surface area contributed by atoms with Crippen molar-refractivity contribution in [2.75, 3.05) is 0 Å². The number of fused-ring (bicyclic) bond motifs is 6. The average Bonchev–Trinajstić information content (AvgIpc) is 2.71. The van der Waals surface area contributed by atoms with Gasteiger partial charge in [0.05, 0.1) is 5.41 Å². The van der Waals surface area contributed by atoms with Crippen molar-refractivity contribution in [1.29, 1.82) is 0 Å². The molecule has 0 spiro atoms. The lowest BCUT2D eigenvalue weighted by Gasteiger charge is -2.68. The lowest BCUT2D eigenvalue weighted by molar-refractivity contribution is -0.214. The molecule has 33 heavy (non-hydrogen) atoms. The van der Waals surface area contributed by atoms with Gasteiger partial charge in [-0.1, -0.05) is 20.3 Å². The second kappa shape index (κ2) is 7.23. The minimum absolute atomic E-state index is 0.0413. The van der Waals surface area contributed by atoms with Crippen molar-refractivity contribution in [3.8, 4) is 11.5 Å². The predicted molar refractivity (Wildman–Crippen MR) is 125 cm³/mol. The molecule has 0 amide bonds. The maximum Gasteiger partial charge on any atom is 0.309 e. The fraction of sp³-hybridized carbons (Fsp3) is 0.714. The molecule has 7 unspecified atom stereocenters. The van der Waals surface area contributed by atoms with Gasteiger partial charge in [-0.15, -0.1) is 0 Å². The number of carboxylic acid groups (broad SMARTS) is 1. The number of rotatable bonds is 2. The van der Waals surface area contributed by atoms with Gasteiger partial charge in [0.25, 0.3) is 0 Å². The van der Waals surface area contributed by atoms with Crippen LogP contribution in [0.1, 0.15) is 85.1 Å². The van der Waals surface area contributed by atoms with Crippen molar-refractivity contribution >= 4 is 11.9 Å². The Kier molecular flexibility index (Phi) is 4.98. The molecular weight excluding hydrogens is 416 g/mol. The van der Waals surface area contributed by atoms with Crippen LogP contribution in [0.4, 0.5) is 0 Å². The van der Waals surface area contributed by atoms with E-state index in [9.17, 15) is 14.7 Å². The number of benzene rings is 1. The number of hydrogen-bond donors (Lipinski definition) is 1. The highest BCUT2D eigenvalue weighted by molar-refractivity contribution is 5.75. The van der Waals surface area contributed by atoms with Gasteiger partial charge in [0.15, 0.2) is 0 Å². The van der Waals surface area contributed by atoms with Gasteiger partial charge >= 0.3 is 11.9 Å². The first-order valence-electron chi connectivity index (χ1n) is 12.7. The monoisotopic (exact) mass is 454 g/mol. The zero-order valence-electron chi connectivity index (χ0n) is 20.7. The molecule has 0 radical (unpaired) electrons. The van der Waals surface area contributed by atoms with Gasteiger partial charge in [-0.25, -0.2) is 0 Å². The molecule has 7 atom stereocenters. The molecule has 3 fully saturated rings. The van der Waals surface area contributed by atoms with Crippen molar-refractivity contribution < 1.29 is 24.2 Å². The first-order valence-corrected chi connectivity index (χ1v) is 12.7. The molecule has 180 valence electrons. The van der Waals surface area contributed by atoms with E-state index in [4.69, 9.17) is 9.47 Å². The molecular formula is C28H38O5. The second-order valence-electron chi connectivity index (χ2n) is 12.3. The Morgan fingerprint density at radius 3 is 2.36 bits per heavy atom. The summed E-state index contributed by atoms with van der Waals surface area (Å²) in [5, 5.41) is 10.2. The van der Waals surface area contributed by atoms with Crippen molar-refractivity contribution in [3.05, 3.63) is 23.8 Å². The smallest absolute Gasteiger partial charge is 0.309 e. The van der Waals surface area contributed by atoms with Crippen LogP contribution < -0.4 is 9.47 Å². The van der Waals surface area contributed by atoms with Crippen LogP contribution in [-0.2, 0) is 16.0 Å². The van der Waals surface area contributed by atoms with Gasteiger partial charge in [0.1, 0.15) is 17.1 Å². The standard InChI is InChI=1S/C28H38O5/c1-17(29)32-19-7-8-20-18(15-19)16-23-26(3)13-9-22-25(2,11-6-12-27(22,4)24(30)31)21(26)10-14-28(23,5)33-20/h7-8,15,21-23H,6,9-14,16H2,1-5H3,(H,30,31). The number of carbonyl (C=O) groups is 2. The SMILES string of the molecule is CC(=O)Oc1ccc2c(c1)CC1C(C)(CCC3C1(C)CCC1C(C)(C(=O)O)CCCC13C)O2. The zero-order valence-corrected chi connectivity index (χ0v) is 20.7. The van der Waals surface area contributed by atoms with Crippen molar-refractivity contribution in [1.82, 2.24) is 0 Å². The van der Waals surface area contributed by atoms with Crippen LogP contribution in [0.3, 0.4) is 0 Å². The van der Waals surface area contributed by atoms with E-state index in [1.165, 1.54) is 6.92 Å². The summed E-state index contributed by atoms with van der Waals surface area (Å²) in [4.78, 5) is 23.9. The summed E-state index contributed by atoms with van der Waals surface area (Å²) in [6.07, 6.45) is 7.92. The van der Waals surface area contributed by atoms with Crippen LogP contribution in [0.2, 0.25) is 0 Å². The Balaban J connectivity index is 1.52. The lowest BCUT2D eigenvalue weighted by atomic mass is 9.37. The van der Waals surface area contributed by atoms with Crippen LogP contribution in [0.15, 0.2) is 18.2 Å². The first kappa shape index (κ1) is 22.7. The maximum atomic E-state index is 12.4. The quantitative estimate of drug-likeness (QED) is 0.436. The first-order chi connectivity index (χ1) is 15.4. The summed E-state index contributed by atoms with van der Waals surface area (Å²) in [5.74, 6) is 1.61. The molecule has 1 aromatic carbocycles. The van der Waals surface area contributed by atoms with Gasteiger partial charge in [0, 0.05) is 12.8 Å². The van der Waals surface area contributed by atoms with E-state index >= 15 is 0 Å². The second-order valence-corrected chi connectivity index (χ2v) is 12.3. The van der Waals surface area contributed by atoms with E-state index in [2.05, 4.69) is 20.8 Å². The Bertz CT molecular complexity index is 1000. The highest BCUT2D eigenvalue weighted by atomic mass is 16.5. The molecule has 1 heterocycles. The van der Waals surface area contributed by atoms with Crippen molar-refractivity contribution in [2.45, 2.75) is 91.6 Å². The molecule has 4 aliphatic rings. The molecule has 0 saturated heterocycles. The Morgan fingerprint density at radius 2 is 1.67 bits per heavy atom. The summed E-state index contributed by atoms with van der Waals surface area (Å²) in [7, 11) is 0. The van der Waals surface area contributed by atoms with Gasteiger partial charge in [-0.2, -0.15) is 0 Å². The molecule has 0 bridgehead atoms. The van der Waals surface area contributed by atoms with E-state index in [0.29, 0.717) is 17.6 Å². The third kappa shape index (κ3) is 3.17. The third-order valence-corrected chi connectivity index (χ3v) is 10.6. The topological polar surface area (TPSA) is 72.8 Å². The highest BCUT2D eigenvalue weighted by Gasteiger charge is 2.67. The molecule has 5 rings (SSSR count). The minimum Gasteiger partial charge on any atom is -0.487 e. The molecule has 0 aromatic heterocycles. The van der Waals surface area contributed by atoms with E-state index in [1.54, 1.807) is 0 Å². The van der Waals surface area contributed by atoms with Gasteiger partial charge < -0.3 is 14.6 Å². The molecule has 3 aliphatic carbocycles. The van der Waals surface area contributed by atoms with Crippen LogP contribution >= 0.6 is 0 Å². The maximum absolute atomic E-state index is 12.4. The van der Waals surface area contributed by atoms with E-state index in [0.717, 1.165) is 62.7 Å². The van der Waals surface area contributed by atoms with Crippen LogP contribution in [0, 0.1) is 34.0 Å². The van der Waals surface area contributed by atoms with Crippen LogP contribution in [0.5, 0.6) is 11.5 Å². The lowest BCUT2D eigenvalue weighted by Crippen LogP contribution is -2.65. The van der Waals surface area contributed by atoms with Gasteiger partial charge in [-0.3, -0.25) is 9.59 Å². The van der Waals surface area contributed by atoms with E-state index < -0.39 is 11.4 Å². The zero-order chi connectivity index (χ0) is 23.8. The number of carbonyl (C=O) groups excluding carboxylic acids is 1. The molecule has 1 aliphatic heterocycles. The van der Waals surface area contributed by atoms with Crippen LogP contribution in [-0.4, -0.2) is 22.6 Å². The number of esters is 1. The van der Waals surface area contributed by atoms with Crippen LogP contribution in [0.25, 0.3) is 0 Å². The largest absolute Gasteiger partial charge is 0.487 e. The summed E-state index contributed by atoms with van der Waals surface area (Å²) in [5.41, 5.74) is 0.395. The number of hydrogen-bond acceptors (Lipinski definition) is 4. The van der Waals surface area contributed by atoms with Crippen molar-refractivity contribution in [2.24, 2.45) is 34.0 Å². The van der Waals surface area contributed by atoms with Gasteiger partial charge in [0.2, 0.25) is 0 Å². The number of aliphatic carboxylic acids is 1. The molecule has 5 heteroatoms. The summed E-state index contributed by atoms with van der Waals surface area (Å²) in [6, 6.07) is 5.73. The fourth-order valence-electron chi connectivity index (χ4n) is 9.08. The minimum atomic E-state index is -0.621. The Labute approximate surface area is 197 Å². The third-order valence-electron chi connectivity index (χ3n) is 10.6. The molecule has 3 saturated carbocycles. The van der Waals surface area contributed by atoms with E-state index in [-0.39, 0.29) is 28.3 Å². The Hall–Kier alpha value is -2.04. The summed E-state index contributed by atoms with van der Waals surface area (Å²) >= 11 is 0. The molecule has 1 N–H and O–H groups in total. The summed E-state index contributed by atoms with van der Waals surface area (Å²) in [6.45, 7) is 10.6. The summed E-state index contributed by atoms with van der Waals surface area (Å²) < 4.78 is 12.1. The van der Waals surface area contributed by atoms with Crippen molar-refractivity contribution in [3.63, 3.8) is 0 Å². The van der Waals surface area contributed by atoms with Gasteiger partial charge in [-0.05, 0) is 105 Å². The number of ether oxygens (including phenoxy) is 2.